The summed E-state index contributed by atoms with van der Waals surface area (Å²) in [5, 5.41) is 0. The Morgan fingerprint density at radius 1 is 1.07 bits per heavy atom. The van der Waals surface area contributed by atoms with Gasteiger partial charge in [0.25, 0.3) is 0 Å². The third kappa shape index (κ3) is 3.77. The number of hydrogen-bond donors (Lipinski definition) is 0. The Morgan fingerprint density at radius 3 is 2.50 bits per heavy atom. The second kappa shape index (κ2) is 7.10. The van der Waals surface area contributed by atoms with Gasteiger partial charge in [0.2, 0.25) is 0 Å². The lowest BCUT2D eigenvalue weighted by atomic mass is 9.84. The van der Waals surface area contributed by atoms with Gasteiger partial charge in [-0.1, -0.05) is 36.4 Å². The summed E-state index contributed by atoms with van der Waals surface area (Å²) >= 11 is 0. The number of nitrogens with zero attached hydrogens (tertiary/aromatic N) is 1. The number of rotatable bonds is 3. The van der Waals surface area contributed by atoms with Gasteiger partial charge in [-0.15, -0.1) is 0 Å². The molecule has 2 aromatic rings. The SMILES string of the molecule is CC1(C)OC[C@H](C2=NCCc3ccccc32)[C@@H](c2ccc(S(C)(=O)=O)cc2)O1. The largest absolute Gasteiger partial charge is 0.350 e. The minimum Gasteiger partial charge on any atom is -0.350 e. The average molecular weight is 400 g/mol. The second-order valence-electron chi connectivity index (χ2n) is 7.87. The summed E-state index contributed by atoms with van der Waals surface area (Å²) in [5.74, 6) is -0.774. The van der Waals surface area contributed by atoms with Crippen molar-refractivity contribution >= 4 is 15.5 Å². The van der Waals surface area contributed by atoms with E-state index < -0.39 is 15.6 Å². The van der Waals surface area contributed by atoms with Crippen LogP contribution in [0.25, 0.3) is 0 Å². The number of sulfone groups is 1. The molecule has 0 aliphatic carbocycles. The quantitative estimate of drug-likeness (QED) is 0.791. The fourth-order valence-corrected chi connectivity index (χ4v) is 4.54. The molecule has 4 rings (SSSR count). The molecule has 1 saturated heterocycles. The first-order chi connectivity index (χ1) is 13.2. The normalized spacial score (nSPS) is 24.3. The number of fused-ring (bicyclic) bond motifs is 1. The van der Waals surface area contributed by atoms with Crippen molar-refractivity contribution < 1.29 is 17.9 Å². The van der Waals surface area contributed by atoms with E-state index >= 15 is 0 Å². The van der Waals surface area contributed by atoms with Crippen molar-refractivity contribution in [3.63, 3.8) is 0 Å². The van der Waals surface area contributed by atoms with E-state index in [4.69, 9.17) is 14.5 Å². The fraction of sp³-hybridized carbons (Fsp3) is 0.409. The molecule has 2 aliphatic heterocycles. The number of ether oxygens (including phenoxy) is 2. The van der Waals surface area contributed by atoms with E-state index in [0.717, 1.165) is 29.8 Å². The Labute approximate surface area is 166 Å². The van der Waals surface area contributed by atoms with Crippen molar-refractivity contribution in [3.05, 3.63) is 65.2 Å². The van der Waals surface area contributed by atoms with E-state index in [1.165, 1.54) is 11.8 Å². The average Bonchev–Trinajstić information content (AvgIpc) is 2.66. The van der Waals surface area contributed by atoms with Crippen LogP contribution in [0.4, 0.5) is 0 Å². The summed E-state index contributed by atoms with van der Waals surface area (Å²) in [4.78, 5) is 5.14. The molecule has 0 amide bonds. The summed E-state index contributed by atoms with van der Waals surface area (Å²) in [6.45, 7) is 5.06. The monoisotopic (exact) mass is 399 g/mol. The zero-order valence-corrected chi connectivity index (χ0v) is 17.2. The molecule has 6 heteroatoms. The summed E-state index contributed by atoms with van der Waals surface area (Å²) in [6, 6.07) is 15.3. The predicted octanol–water partition coefficient (Wildman–Crippen LogP) is 3.58. The lowest BCUT2D eigenvalue weighted by Gasteiger charge is -2.42. The third-order valence-corrected chi connectivity index (χ3v) is 6.46. The number of aliphatic imine (C=N–C) groups is 1. The Morgan fingerprint density at radius 2 is 1.79 bits per heavy atom. The van der Waals surface area contributed by atoms with Crippen molar-refractivity contribution in [1.82, 2.24) is 0 Å². The van der Waals surface area contributed by atoms with Crippen LogP contribution in [-0.4, -0.2) is 39.3 Å². The first kappa shape index (κ1) is 19.3. The molecule has 2 atom stereocenters. The van der Waals surface area contributed by atoms with Crippen LogP contribution in [-0.2, 0) is 25.7 Å². The molecule has 2 aromatic carbocycles. The molecule has 0 saturated carbocycles. The molecule has 28 heavy (non-hydrogen) atoms. The predicted molar refractivity (Wildman–Crippen MR) is 108 cm³/mol. The van der Waals surface area contributed by atoms with Gasteiger partial charge >= 0.3 is 0 Å². The van der Waals surface area contributed by atoms with Crippen LogP contribution in [0.1, 0.15) is 36.6 Å². The summed E-state index contributed by atoms with van der Waals surface area (Å²) in [5.41, 5.74) is 4.39. The number of hydrogen-bond acceptors (Lipinski definition) is 5. The van der Waals surface area contributed by atoms with Crippen LogP contribution in [0.2, 0.25) is 0 Å². The first-order valence-corrected chi connectivity index (χ1v) is 11.4. The summed E-state index contributed by atoms with van der Waals surface area (Å²) in [7, 11) is -3.24. The van der Waals surface area contributed by atoms with Gasteiger partial charge in [0.05, 0.1) is 29.2 Å². The van der Waals surface area contributed by atoms with Crippen LogP contribution < -0.4 is 0 Å². The van der Waals surface area contributed by atoms with E-state index in [0.29, 0.717) is 11.5 Å². The van der Waals surface area contributed by atoms with E-state index in [1.807, 2.05) is 32.0 Å². The third-order valence-electron chi connectivity index (χ3n) is 5.33. The zero-order valence-electron chi connectivity index (χ0n) is 16.4. The van der Waals surface area contributed by atoms with E-state index in [-0.39, 0.29) is 12.0 Å². The molecule has 0 radical (unpaired) electrons. The Balaban J connectivity index is 1.73. The number of benzene rings is 2. The van der Waals surface area contributed by atoms with Gasteiger partial charge in [0.15, 0.2) is 15.6 Å². The van der Waals surface area contributed by atoms with Crippen molar-refractivity contribution in [1.29, 1.82) is 0 Å². The molecular weight excluding hydrogens is 374 g/mol. The van der Waals surface area contributed by atoms with Crippen LogP contribution >= 0.6 is 0 Å². The van der Waals surface area contributed by atoms with Crippen molar-refractivity contribution in [2.45, 2.75) is 37.1 Å². The summed E-state index contributed by atoms with van der Waals surface area (Å²) < 4.78 is 35.9. The molecule has 2 aliphatic rings. The van der Waals surface area contributed by atoms with Gasteiger partial charge in [-0.3, -0.25) is 4.99 Å². The van der Waals surface area contributed by atoms with Crippen molar-refractivity contribution in [3.8, 4) is 0 Å². The minimum absolute atomic E-state index is 0.0569. The van der Waals surface area contributed by atoms with Crippen LogP contribution in [0.3, 0.4) is 0 Å². The zero-order chi connectivity index (χ0) is 19.9. The van der Waals surface area contributed by atoms with Gasteiger partial charge < -0.3 is 9.47 Å². The van der Waals surface area contributed by atoms with E-state index in [1.54, 1.807) is 12.1 Å². The van der Waals surface area contributed by atoms with Gasteiger partial charge in [-0.05, 0) is 49.1 Å². The highest BCUT2D eigenvalue weighted by Crippen LogP contribution is 2.40. The highest BCUT2D eigenvalue weighted by Gasteiger charge is 2.41. The van der Waals surface area contributed by atoms with Crippen LogP contribution in [0, 0.1) is 5.92 Å². The molecular formula is C22H25NO4S. The standard InChI is InChI=1S/C22H25NO4S/c1-22(2)26-14-19(20-18-7-5-4-6-15(18)12-13-23-20)21(27-22)16-8-10-17(11-9-16)28(3,24)25/h4-11,19,21H,12-14H2,1-3H3/t19-,21-/m1/s1. The van der Waals surface area contributed by atoms with Crippen LogP contribution in [0.15, 0.2) is 58.4 Å². The van der Waals surface area contributed by atoms with Gasteiger partial charge in [0, 0.05) is 12.8 Å². The van der Waals surface area contributed by atoms with Gasteiger partial charge in [-0.2, -0.15) is 0 Å². The molecule has 0 aromatic heterocycles. The smallest absolute Gasteiger partial charge is 0.175 e. The first-order valence-electron chi connectivity index (χ1n) is 9.49. The maximum atomic E-state index is 11.8. The molecule has 0 unspecified atom stereocenters. The van der Waals surface area contributed by atoms with E-state index in [9.17, 15) is 8.42 Å². The minimum atomic E-state index is -3.24. The van der Waals surface area contributed by atoms with Crippen molar-refractivity contribution in [2.75, 3.05) is 19.4 Å². The van der Waals surface area contributed by atoms with E-state index in [2.05, 4.69) is 18.2 Å². The highest BCUT2D eigenvalue weighted by molar-refractivity contribution is 7.90. The maximum Gasteiger partial charge on any atom is 0.175 e. The molecule has 1 fully saturated rings. The molecule has 5 nitrogen and oxygen atoms in total. The Bertz CT molecular complexity index is 1010. The van der Waals surface area contributed by atoms with Gasteiger partial charge in [0.1, 0.15) is 0 Å². The topological polar surface area (TPSA) is 65.0 Å². The Kier molecular flexibility index (Phi) is 4.89. The maximum absolute atomic E-state index is 11.8. The van der Waals surface area contributed by atoms with Crippen molar-refractivity contribution in [2.24, 2.45) is 10.9 Å². The molecule has 0 spiro atoms. The Hall–Kier alpha value is -2.02. The molecule has 0 N–H and O–H groups in total. The lowest BCUT2D eigenvalue weighted by Crippen LogP contribution is -2.45. The van der Waals surface area contributed by atoms with Gasteiger partial charge in [-0.25, -0.2) is 8.42 Å². The molecule has 0 bridgehead atoms. The lowest BCUT2D eigenvalue weighted by molar-refractivity contribution is -0.286. The van der Waals surface area contributed by atoms with Crippen LogP contribution in [0.5, 0.6) is 0 Å². The fourth-order valence-electron chi connectivity index (χ4n) is 3.91. The molecule has 148 valence electrons. The molecule has 2 heterocycles. The summed E-state index contributed by atoms with van der Waals surface area (Å²) in [6.07, 6.45) is 1.89. The second-order valence-corrected chi connectivity index (χ2v) is 9.89. The highest BCUT2D eigenvalue weighted by atomic mass is 32.2.